The first kappa shape index (κ1) is 21.2. The number of rotatable bonds is 5. The molecule has 0 bridgehead atoms. The quantitative estimate of drug-likeness (QED) is 0.581. The normalized spacial score (nSPS) is 18.9. The summed E-state index contributed by atoms with van der Waals surface area (Å²) in [5.74, 6) is -0.913. The van der Waals surface area contributed by atoms with Crippen LogP contribution in [0.15, 0.2) is 24.3 Å². The number of benzene rings is 1. The molecule has 1 aliphatic heterocycles. The number of likely N-dealkylation sites (tertiary alicyclic amines) is 1. The average molecular weight is 391 g/mol. The van der Waals surface area contributed by atoms with Crippen LogP contribution in [-0.4, -0.2) is 60.6 Å². The van der Waals surface area contributed by atoms with Crippen molar-refractivity contribution in [3.63, 3.8) is 0 Å². The van der Waals surface area contributed by atoms with Gasteiger partial charge in [0.05, 0.1) is 7.11 Å². The number of amides is 3. The standard InChI is InChI=1S/C19H25N3O6/c1-19(2,3)28-18(26)22-10-14(9-15(22)17(25)27-4)21-16(24)12-5-7-13(8-6-12)20-11-23/h5-8,11,14-15H,9-10H2,1-4H3,(H,20,23)(H,21,24)/t14-,15-/m0/s1. The number of nitrogens with one attached hydrogen (secondary N) is 2. The van der Waals surface area contributed by atoms with Gasteiger partial charge in [-0.25, -0.2) is 9.59 Å². The fourth-order valence-corrected chi connectivity index (χ4v) is 2.88. The van der Waals surface area contributed by atoms with Crippen molar-refractivity contribution in [2.24, 2.45) is 0 Å². The van der Waals surface area contributed by atoms with Crippen molar-refractivity contribution >= 4 is 30.1 Å². The summed E-state index contributed by atoms with van der Waals surface area (Å²) >= 11 is 0. The molecule has 2 atom stereocenters. The molecule has 0 radical (unpaired) electrons. The molecule has 9 nitrogen and oxygen atoms in total. The van der Waals surface area contributed by atoms with Gasteiger partial charge in [0.1, 0.15) is 11.6 Å². The summed E-state index contributed by atoms with van der Waals surface area (Å²) in [6, 6.07) is 5.07. The Balaban J connectivity index is 2.07. The van der Waals surface area contributed by atoms with Crippen LogP contribution in [0.5, 0.6) is 0 Å². The maximum absolute atomic E-state index is 12.5. The molecule has 0 spiro atoms. The van der Waals surface area contributed by atoms with Crippen molar-refractivity contribution in [2.45, 2.75) is 44.9 Å². The van der Waals surface area contributed by atoms with E-state index in [1.807, 2.05) is 0 Å². The molecule has 1 aromatic rings. The summed E-state index contributed by atoms with van der Waals surface area (Å²) in [5, 5.41) is 5.30. The number of nitrogens with zero attached hydrogens (tertiary/aromatic N) is 1. The summed E-state index contributed by atoms with van der Waals surface area (Å²) in [7, 11) is 1.25. The van der Waals surface area contributed by atoms with Crippen molar-refractivity contribution in [1.82, 2.24) is 10.2 Å². The van der Waals surface area contributed by atoms with Crippen molar-refractivity contribution in [3.8, 4) is 0 Å². The molecule has 1 saturated heterocycles. The molecule has 1 aliphatic rings. The molecule has 2 rings (SSSR count). The maximum Gasteiger partial charge on any atom is 0.411 e. The van der Waals surface area contributed by atoms with Gasteiger partial charge in [0.25, 0.3) is 5.91 Å². The Kier molecular flexibility index (Phi) is 6.61. The van der Waals surface area contributed by atoms with Gasteiger partial charge in [-0.3, -0.25) is 14.5 Å². The third-order valence-electron chi connectivity index (χ3n) is 4.11. The third kappa shape index (κ3) is 5.45. The number of anilines is 1. The number of carbonyl (C=O) groups is 4. The predicted molar refractivity (Wildman–Crippen MR) is 101 cm³/mol. The van der Waals surface area contributed by atoms with E-state index in [4.69, 9.17) is 9.47 Å². The summed E-state index contributed by atoms with van der Waals surface area (Å²) in [5.41, 5.74) is 0.243. The summed E-state index contributed by atoms with van der Waals surface area (Å²) in [4.78, 5) is 48.7. The highest BCUT2D eigenvalue weighted by Gasteiger charge is 2.42. The van der Waals surface area contributed by atoms with Gasteiger partial charge in [0.2, 0.25) is 6.41 Å². The lowest BCUT2D eigenvalue weighted by molar-refractivity contribution is -0.145. The Labute approximate surface area is 163 Å². The van der Waals surface area contributed by atoms with Crippen LogP contribution in [0.1, 0.15) is 37.6 Å². The molecule has 0 unspecified atom stereocenters. The van der Waals surface area contributed by atoms with Crippen LogP contribution in [0.25, 0.3) is 0 Å². The van der Waals surface area contributed by atoms with Crippen LogP contribution >= 0.6 is 0 Å². The smallest absolute Gasteiger partial charge is 0.411 e. The van der Waals surface area contributed by atoms with Gasteiger partial charge in [-0.2, -0.15) is 0 Å². The molecular weight excluding hydrogens is 366 g/mol. The third-order valence-corrected chi connectivity index (χ3v) is 4.11. The van der Waals surface area contributed by atoms with Crippen LogP contribution in [0.2, 0.25) is 0 Å². The highest BCUT2D eigenvalue weighted by molar-refractivity contribution is 5.95. The molecule has 0 saturated carbocycles. The first-order valence-corrected chi connectivity index (χ1v) is 8.83. The van der Waals surface area contributed by atoms with E-state index in [1.165, 1.54) is 12.0 Å². The molecule has 0 aliphatic carbocycles. The monoisotopic (exact) mass is 391 g/mol. The topological polar surface area (TPSA) is 114 Å². The van der Waals surface area contributed by atoms with Crippen molar-refractivity contribution < 1.29 is 28.7 Å². The van der Waals surface area contributed by atoms with E-state index < -0.39 is 29.7 Å². The molecule has 2 N–H and O–H groups in total. The predicted octanol–water partition coefficient (Wildman–Crippen LogP) is 1.54. The molecule has 28 heavy (non-hydrogen) atoms. The molecule has 3 amide bonds. The second kappa shape index (κ2) is 8.73. The lowest BCUT2D eigenvalue weighted by atomic mass is 10.1. The zero-order valence-electron chi connectivity index (χ0n) is 16.4. The number of hydrogen-bond acceptors (Lipinski definition) is 6. The minimum absolute atomic E-state index is 0.130. The van der Waals surface area contributed by atoms with Crippen LogP contribution in [0, 0.1) is 0 Å². The number of carbonyl (C=O) groups excluding carboxylic acids is 4. The number of methoxy groups -OCH3 is 1. The SMILES string of the molecule is COC(=O)[C@@H]1C[C@H](NC(=O)c2ccc(NC=O)cc2)CN1C(=O)OC(C)(C)C. The molecule has 0 aromatic heterocycles. The fraction of sp³-hybridized carbons (Fsp3) is 0.474. The fourth-order valence-electron chi connectivity index (χ4n) is 2.88. The Morgan fingerprint density at radius 1 is 1.18 bits per heavy atom. The second-order valence-corrected chi connectivity index (χ2v) is 7.42. The minimum atomic E-state index is -0.829. The van der Waals surface area contributed by atoms with Gasteiger partial charge >= 0.3 is 12.1 Å². The van der Waals surface area contributed by atoms with Crippen LogP contribution < -0.4 is 10.6 Å². The van der Waals surface area contributed by atoms with Crippen molar-refractivity contribution in [3.05, 3.63) is 29.8 Å². The number of esters is 1. The van der Waals surface area contributed by atoms with E-state index in [0.717, 1.165) is 0 Å². The zero-order valence-corrected chi connectivity index (χ0v) is 16.4. The Morgan fingerprint density at radius 2 is 1.82 bits per heavy atom. The van der Waals surface area contributed by atoms with E-state index in [-0.39, 0.29) is 18.9 Å². The Bertz CT molecular complexity index is 741. The number of hydrogen-bond donors (Lipinski definition) is 2. The van der Waals surface area contributed by atoms with E-state index in [0.29, 0.717) is 17.7 Å². The molecular formula is C19H25N3O6. The molecule has 9 heteroatoms. The van der Waals surface area contributed by atoms with Gasteiger partial charge in [-0.15, -0.1) is 0 Å². The average Bonchev–Trinajstić information content (AvgIpc) is 3.04. The maximum atomic E-state index is 12.5. The van der Waals surface area contributed by atoms with Gasteiger partial charge in [0.15, 0.2) is 0 Å². The van der Waals surface area contributed by atoms with Crippen molar-refractivity contribution in [2.75, 3.05) is 19.0 Å². The van der Waals surface area contributed by atoms with E-state index in [1.54, 1.807) is 45.0 Å². The molecule has 1 fully saturated rings. The first-order chi connectivity index (χ1) is 13.1. The summed E-state index contributed by atoms with van der Waals surface area (Å²) in [6.45, 7) is 5.33. The van der Waals surface area contributed by atoms with E-state index >= 15 is 0 Å². The Morgan fingerprint density at radius 3 is 2.36 bits per heavy atom. The van der Waals surface area contributed by atoms with Crippen molar-refractivity contribution in [1.29, 1.82) is 0 Å². The zero-order chi connectivity index (χ0) is 20.9. The van der Waals surface area contributed by atoms with E-state index in [9.17, 15) is 19.2 Å². The lowest BCUT2D eigenvalue weighted by Gasteiger charge is -2.27. The first-order valence-electron chi connectivity index (χ1n) is 8.83. The van der Waals surface area contributed by atoms with Crippen LogP contribution in [0.3, 0.4) is 0 Å². The highest BCUT2D eigenvalue weighted by atomic mass is 16.6. The molecule has 1 heterocycles. The number of ether oxygens (including phenoxy) is 2. The van der Waals surface area contributed by atoms with Gasteiger partial charge in [-0.1, -0.05) is 0 Å². The summed E-state index contributed by atoms with van der Waals surface area (Å²) < 4.78 is 10.1. The van der Waals surface area contributed by atoms with Crippen LogP contribution in [0.4, 0.5) is 10.5 Å². The van der Waals surface area contributed by atoms with Gasteiger partial charge < -0.3 is 20.1 Å². The minimum Gasteiger partial charge on any atom is -0.467 e. The molecule has 152 valence electrons. The largest absolute Gasteiger partial charge is 0.467 e. The highest BCUT2D eigenvalue weighted by Crippen LogP contribution is 2.23. The molecule has 1 aromatic carbocycles. The van der Waals surface area contributed by atoms with E-state index in [2.05, 4.69) is 10.6 Å². The summed E-state index contributed by atoms with van der Waals surface area (Å²) in [6.07, 6.45) is 0.137. The van der Waals surface area contributed by atoms with Gasteiger partial charge in [0, 0.05) is 30.3 Å². The Hall–Kier alpha value is -3.10. The lowest BCUT2D eigenvalue weighted by Crippen LogP contribution is -2.44. The van der Waals surface area contributed by atoms with Gasteiger partial charge in [-0.05, 0) is 45.0 Å². The van der Waals surface area contributed by atoms with Crippen LogP contribution in [-0.2, 0) is 19.1 Å². The second-order valence-electron chi connectivity index (χ2n) is 7.42.